The van der Waals surface area contributed by atoms with E-state index in [-0.39, 0.29) is 16.8 Å². The Balaban J connectivity index is 1.66. The van der Waals surface area contributed by atoms with Crippen molar-refractivity contribution in [2.75, 3.05) is 17.1 Å². The molecule has 0 fully saturated rings. The topological polar surface area (TPSA) is 74.6 Å². The van der Waals surface area contributed by atoms with E-state index in [0.29, 0.717) is 39.1 Å². The summed E-state index contributed by atoms with van der Waals surface area (Å²) >= 11 is 13.0. The van der Waals surface area contributed by atoms with E-state index in [1.165, 1.54) is 17.1 Å². The number of carbonyl (C=O) groups is 2. The molecule has 2 heterocycles. The monoisotopic (exact) mass is 534 g/mol. The lowest BCUT2D eigenvalue weighted by Crippen LogP contribution is -2.40. The van der Waals surface area contributed by atoms with Crippen LogP contribution in [0.4, 0.5) is 11.4 Å². The molecule has 5 rings (SSSR count). The van der Waals surface area contributed by atoms with Crippen LogP contribution in [0.15, 0.2) is 83.0 Å². The number of rotatable bonds is 6. The van der Waals surface area contributed by atoms with Crippen molar-refractivity contribution in [3.63, 3.8) is 0 Å². The summed E-state index contributed by atoms with van der Waals surface area (Å²) in [7, 11) is 1.50. The van der Waals surface area contributed by atoms with Crippen LogP contribution in [0.5, 0.6) is 5.75 Å². The average molecular weight is 535 g/mol. The standard InChI is InChI=1S/C28H24Cl2N4O3/c1-16-23(27(35)33(31-16)19-10-6-4-7-11-19)25(21-14-18(29)15-22(30)26(21)37-3)24-17(2)32-34(28(24)36)20-12-8-5-9-13-20/h4-15,23-25H,1-3H3/t23-,24-/m1/s1. The Kier molecular flexibility index (Phi) is 6.75. The molecule has 9 heteroatoms. The van der Waals surface area contributed by atoms with E-state index in [4.69, 9.17) is 27.9 Å². The highest BCUT2D eigenvalue weighted by Gasteiger charge is 2.51. The van der Waals surface area contributed by atoms with Crippen molar-refractivity contribution in [2.24, 2.45) is 22.0 Å². The van der Waals surface area contributed by atoms with Crippen molar-refractivity contribution in [1.29, 1.82) is 0 Å². The third-order valence-corrected chi connectivity index (χ3v) is 7.18. The number of hydrogen-bond donors (Lipinski definition) is 0. The number of methoxy groups -OCH3 is 1. The van der Waals surface area contributed by atoms with E-state index >= 15 is 0 Å². The van der Waals surface area contributed by atoms with E-state index in [1.807, 2.05) is 60.7 Å². The second-order valence-electron chi connectivity index (χ2n) is 8.95. The van der Waals surface area contributed by atoms with Crippen molar-refractivity contribution in [3.8, 4) is 5.75 Å². The van der Waals surface area contributed by atoms with Gasteiger partial charge in [-0.25, -0.2) is 10.0 Å². The Morgan fingerprint density at radius 2 is 1.24 bits per heavy atom. The second kappa shape index (κ2) is 10.00. The zero-order valence-electron chi connectivity index (χ0n) is 20.4. The van der Waals surface area contributed by atoms with E-state index in [9.17, 15) is 9.59 Å². The number of halogens is 2. The number of anilines is 2. The highest BCUT2D eigenvalue weighted by Crippen LogP contribution is 2.47. The van der Waals surface area contributed by atoms with Crippen LogP contribution in [0.3, 0.4) is 0 Å². The molecule has 0 radical (unpaired) electrons. The smallest absolute Gasteiger partial charge is 0.256 e. The van der Waals surface area contributed by atoms with Gasteiger partial charge in [0.1, 0.15) is 5.75 Å². The first-order valence-electron chi connectivity index (χ1n) is 11.7. The van der Waals surface area contributed by atoms with Gasteiger partial charge in [-0.1, -0.05) is 59.6 Å². The molecule has 0 aliphatic carbocycles. The number of ether oxygens (including phenoxy) is 1. The Labute approximate surface area is 224 Å². The van der Waals surface area contributed by atoms with Crippen molar-refractivity contribution >= 4 is 57.8 Å². The molecule has 37 heavy (non-hydrogen) atoms. The van der Waals surface area contributed by atoms with Crippen LogP contribution < -0.4 is 14.8 Å². The number of nitrogens with zero attached hydrogens (tertiary/aromatic N) is 4. The maximum Gasteiger partial charge on any atom is 0.256 e. The normalized spacial score (nSPS) is 19.5. The number of carbonyl (C=O) groups excluding carboxylic acids is 2. The highest BCUT2D eigenvalue weighted by molar-refractivity contribution is 6.36. The first kappa shape index (κ1) is 25.0. The molecule has 0 saturated carbocycles. The van der Waals surface area contributed by atoms with Gasteiger partial charge in [0, 0.05) is 27.9 Å². The zero-order valence-corrected chi connectivity index (χ0v) is 21.9. The van der Waals surface area contributed by atoms with Gasteiger partial charge in [-0.2, -0.15) is 10.2 Å². The summed E-state index contributed by atoms with van der Waals surface area (Å²) in [6.45, 7) is 3.58. The van der Waals surface area contributed by atoms with Crippen LogP contribution in [0.1, 0.15) is 25.3 Å². The lowest BCUT2D eigenvalue weighted by molar-refractivity contribution is -0.122. The molecular weight excluding hydrogens is 511 g/mol. The predicted octanol–water partition coefficient (Wildman–Crippen LogP) is 6.16. The lowest BCUT2D eigenvalue weighted by atomic mass is 9.72. The fraction of sp³-hybridized carbons (Fsp3) is 0.214. The molecule has 2 aliphatic rings. The molecule has 0 unspecified atom stereocenters. The number of hydrazone groups is 2. The quantitative estimate of drug-likeness (QED) is 0.379. The Morgan fingerprint density at radius 1 is 0.784 bits per heavy atom. The Morgan fingerprint density at radius 3 is 1.68 bits per heavy atom. The summed E-state index contributed by atoms with van der Waals surface area (Å²) in [6.07, 6.45) is 0. The van der Waals surface area contributed by atoms with Crippen LogP contribution in [-0.2, 0) is 9.59 Å². The molecular formula is C28H24Cl2N4O3. The third kappa shape index (κ3) is 4.38. The zero-order chi connectivity index (χ0) is 26.3. The summed E-state index contributed by atoms with van der Waals surface area (Å²) in [4.78, 5) is 27.9. The van der Waals surface area contributed by atoms with Crippen LogP contribution in [0.25, 0.3) is 0 Å². The summed E-state index contributed by atoms with van der Waals surface area (Å²) in [5, 5.41) is 12.6. The lowest BCUT2D eigenvalue weighted by Gasteiger charge is -2.30. The van der Waals surface area contributed by atoms with E-state index in [1.54, 1.807) is 26.0 Å². The van der Waals surface area contributed by atoms with Crippen molar-refractivity contribution < 1.29 is 14.3 Å². The molecule has 3 aromatic rings. The van der Waals surface area contributed by atoms with Gasteiger partial charge in [-0.15, -0.1) is 0 Å². The van der Waals surface area contributed by atoms with Gasteiger partial charge in [0.2, 0.25) is 0 Å². The molecule has 0 saturated heterocycles. The summed E-state index contributed by atoms with van der Waals surface area (Å²) in [5.74, 6) is -2.44. The summed E-state index contributed by atoms with van der Waals surface area (Å²) in [5.41, 5.74) is 2.95. The summed E-state index contributed by atoms with van der Waals surface area (Å²) < 4.78 is 5.68. The third-order valence-electron chi connectivity index (χ3n) is 6.69. The van der Waals surface area contributed by atoms with Gasteiger partial charge in [-0.05, 0) is 50.2 Å². The second-order valence-corrected chi connectivity index (χ2v) is 9.79. The minimum Gasteiger partial charge on any atom is -0.495 e. The first-order chi connectivity index (χ1) is 17.8. The van der Waals surface area contributed by atoms with E-state index in [2.05, 4.69) is 10.2 Å². The first-order valence-corrected chi connectivity index (χ1v) is 12.5. The number of para-hydroxylation sites is 2. The molecule has 3 aromatic carbocycles. The number of benzene rings is 3. The Hall–Kier alpha value is -3.68. The molecule has 0 aromatic heterocycles. The number of hydrogen-bond acceptors (Lipinski definition) is 5. The maximum atomic E-state index is 14.0. The van der Waals surface area contributed by atoms with Gasteiger partial charge in [0.25, 0.3) is 11.8 Å². The van der Waals surface area contributed by atoms with Crippen molar-refractivity contribution in [3.05, 3.63) is 88.4 Å². The molecule has 0 N–H and O–H groups in total. The molecule has 0 spiro atoms. The van der Waals surface area contributed by atoms with Crippen molar-refractivity contribution in [2.45, 2.75) is 19.8 Å². The predicted molar refractivity (Wildman–Crippen MR) is 147 cm³/mol. The SMILES string of the molecule is COc1c(Cl)cc(Cl)cc1C([C@@H]1C(=O)N(c2ccccc2)N=C1C)[C@@H]1C(=O)N(c2ccccc2)N=C1C. The minimum absolute atomic E-state index is 0.259. The van der Waals surface area contributed by atoms with Crippen LogP contribution in [0.2, 0.25) is 10.0 Å². The Bertz CT molecular complexity index is 1350. The van der Waals surface area contributed by atoms with Crippen molar-refractivity contribution in [1.82, 2.24) is 0 Å². The molecule has 2 aliphatic heterocycles. The van der Waals surface area contributed by atoms with E-state index in [0.717, 1.165) is 0 Å². The molecule has 7 nitrogen and oxygen atoms in total. The molecule has 2 atom stereocenters. The molecule has 0 bridgehead atoms. The van der Waals surface area contributed by atoms with Crippen LogP contribution in [0, 0.1) is 11.8 Å². The van der Waals surface area contributed by atoms with Gasteiger partial charge < -0.3 is 4.74 Å². The van der Waals surface area contributed by atoms with Gasteiger partial charge in [0.15, 0.2) is 0 Å². The van der Waals surface area contributed by atoms with Gasteiger partial charge in [0.05, 0.1) is 35.3 Å². The fourth-order valence-corrected chi connectivity index (χ4v) is 5.68. The number of amides is 2. The van der Waals surface area contributed by atoms with Gasteiger partial charge in [-0.3, -0.25) is 9.59 Å². The molecule has 188 valence electrons. The summed E-state index contributed by atoms with van der Waals surface area (Å²) in [6, 6.07) is 21.6. The van der Waals surface area contributed by atoms with Crippen LogP contribution in [-0.4, -0.2) is 30.3 Å². The fourth-order valence-electron chi connectivity index (χ4n) is 5.09. The minimum atomic E-state index is -0.779. The average Bonchev–Trinajstić information content (AvgIpc) is 3.35. The highest BCUT2D eigenvalue weighted by atomic mass is 35.5. The van der Waals surface area contributed by atoms with E-state index < -0.39 is 17.8 Å². The van der Waals surface area contributed by atoms with Crippen LogP contribution >= 0.6 is 23.2 Å². The largest absolute Gasteiger partial charge is 0.495 e. The maximum absolute atomic E-state index is 14.0. The van der Waals surface area contributed by atoms with Gasteiger partial charge >= 0.3 is 0 Å². The molecule has 2 amide bonds.